The largest absolute Gasteiger partial charge is 0.495 e. The number of carbonyl (C=O) groups excluding carboxylic acids is 1. The van der Waals surface area contributed by atoms with Crippen LogP contribution in [0.4, 0.5) is 10.1 Å². The molecular formula is C20H21ClFN3O3. The van der Waals surface area contributed by atoms with Crippen molar-refractivity contribution in [2.75, 3.05) is 25.6 Å². The number of amides is 1. The molecular weight excluding hydrogens is 385 g/mol. The van der Waals surface area contributed by atoms with Crippen LogP contribution in [0.5, 0.6) is 5.75 Å². The summed E-state index contributed by atoms with van der Waals surface area (Å²) in [6.45, 7) is 1.11. The molecule has 8 heteroatoms. The van der Waals surface area contributed by atoms with E-state index in [1.54, 1.807) is 18.2 Å². The average Bonchev–Trinajstić information content (AvgIpc) is 3.20. The lowest BCUT2D eigenvalue weighted by Gasteiger charge is -2.14. The van der Waals surface area contributed by atoms with Crippen LogP contribution in [0.15, 0.2) is 47.5 Å². The van der Waals surface area contributed by atoms with Crippen molar-refractivity contribution in [1.82, 2.24) is 5.32 Å². The van der Waals surface area contributed by atoms with Gasteiger partial charge in [-0.3, -0.25) is 10.1 Å². The first kappa shape index (κ1) is 20.1. The monoisotopic (exact) mass is 405 g/mol. The van der Waals surface area contributed by atoms with Crippen molar-refractivity contribution in [2.24, 2.45) is 4.99 Å². The summed E-state index contributed by atoms with van der Waals surface area (Å²) < 4.78 is 24.1. The van der Waals surface area contributed by atoms with Crippen molar-refractivity contribution in [3.8, 4) is 5.75 Å². The van der Waals surface area contributed by atoms with Gasteiger partial charge in [-0.1, -0.05) is 17.7 Å². The van der Waals surface area contributed by atoms with Crippen molar-refractivity contribution in [2.45, 2.75) is 18.9 Å². The minimum absolute atomic E-state index is 0.0160. The molecule has 2 N–H and O–H groups in total. The molecule has 28 heavy (non-hydrogen) atoms. The lowest BCUT2D eigenvalue weighted by molar-refractivity contribution is 0.0975. The highest BCUT2D eigenvalue weighted by atomic mass is 35.5. The normalized spacial score (nSPS) is 16.7. The molecule has 0 radical (unpaired) electrons. The molecule has 0 saturated carbocycles. The minimum Gasteiger partial charge on any atom is -0.495 e. The zero-order valence-corrected chi connectivity index (χ0v) is 16.1. The Balaban J connectivity index is 1.77. The molecule has 0 unspecified atom stereocenters. The fourth-order valence-electron chi connectivity index (χ4n) is 2.78. The summed E-state index contributed by atoms with van der Waals surface area (Å²) in [4.78, 5) is 16.9. The molecule has 1 aliphatic heterocycles. The van der Waals surface area contributed by atoms with E-state index < -0.39 is 11.7 Å². The highest BCUT2D eigenvalue weighted by Crippen LogP contribution is 2.27. The fraction of sp³-hybridized carbons (Fsp3) is 0.300. The van der Waals surface area contributed by atoms with Crippen LogP contribution in [0.1, 0.15) is 23.2 Å². The molecule has 2 aromatic rings. The van der Waals surface area contributed by atoms with Gasteiger partial charge in [-0.15, -0.1) is 0 Å². The summed E-state index contributed by atoms with van der Waals surface area (Å²) in [6, 6.07) is 10.6. The van der Waals surface area contributed by atoms with Crippen LogP contribution >= 0.6 is 11.6 Å². The van der Waals surface area contributed by atoms with E-state index in [0.29, 0.717) is 29.6 Å². The Morgan fingerprint density at radius 1 is 1.36 bits per heavy atom. The van der Waals surface area contributed by atoms with Gasteiger partial charge in [-0.05, 0) is 49.2 Å². The molecule has 148 valence electrons. The van der Waals surface area contributed by atoms with Crippen molar-refractivity contribution >= 4 is 29.2 Å². The Kier molecular flexibility index (Phi) is 6.84. The number of methoxy groups -OCH3 is 1. The second-order valence-corrected chi connectivity index (χ2v) is 6.67. The number of hydrogen-bond acceptors (Lipinski definition) is 4. The molecule has 1 heterocycles. The molecule has 1 fully saturated rings. The Labute approximate surface area is 167 Å². The topological polar surface area (TPSA) is 71.9 Å². The number of aliphatic imine (C=N–C) groups is 1. The van der Waals surface area contributed by atoms with Crippen LogP contribution in [-0.2, 0) is 4.74 Å². The Hall–Kier alpha value is -2.64. The van der Waals surface area contributed by atoms with Crippen LogP contribution in [0, 0.1) is 5.82 Å². The fourth-order valence-corrected chi connectivity index (χ4v) is 3.04. The molecule has 1 atom stereocenters. The van der Waals surface area contributed by atoms with E-state index in [2.05, 4.69) is 15.6 Å². The molecule has 1 aliphatic rings. The van der Waals surface area contributed by atoms with Crippen LogP contribution < -0.4 is 15.4 Å². The average molecular weight is 406 g/mol. The Morgan fingerprint density at radius 2 is 2.21 bits per heavy atom. The van der Waals surface area contributed by atoms with Crippen LogP contribution in [0.2, 0.25) is 5.02 Å². The van der Waals surface area contributed by atoms with Crippen molar-refractivity contribution < 1.29 is 18.7 Å². The summed E-state index contributed by atoms with van der Waals surface area (Å²) in [5, 5.41) is 6.14. The van der Waals surface area contributed by atoms with E-state index in [1.807, 2.05) is 0 Å². The molecule has 2 aromatic carbocycles. The van der Waals surface area contributed by atoms with Crippen molar-refractivity contribution in [3.05, 3.63) is 58.9 Å². The molecule has 0 spiro atoms. The van der Waals surface area contributed by atoms with Gasteiger partial charge in [0.25, 0.3) is 5.91 Å². The van der Waals surface area contributed by atoms with E-state index in [-0.39, 0.29) is 17.6 Å². The van der Waals surface area contributed by atoms with Crippen LogP contribution in [0.25, 0.3) is 0 Å². The molecule has 1 amide bonds. The molecule has 3 rings (SSSR count). The van der Waals surface area contributed by atoms with Crippen LogP contribution in [0.3, 0.4) is 0 Å². The number of hydrogen-bond donors (Lipinski definition) is 2. The lowest BCUT2D eigenvalue weighted by Crippen LogP contribution is -2.36. The number of ether oxygens (including phenoxy) is 2. The zero-order valence-electron chi connectivity index (χ0n) is 15.4. The summed E-state index contributed by atoms with van der Waals surface area (Å²) in [6.07, 6.45) is 1.93. The van der Waals surface area contributed by atoms with Crippen molar-refractivity contribution in [1.29, 1.82) is 0 Å². The maximum atomic E-state index is 13.4. The molecule has 0 bridgehead atoms. The third kappa shape index (κ3) is 5.43. The first-order chi connectivity index (χ1) is 13.5. The first-order valence-corrected chi connectivity index (χ1v) is 9.26. The molecule has 0 aromatic heterocycles. The summed E-state index contributed by atoms with van der Waals surface area (Å²) in [7, 11) is 1.53. The second kappa shape index (κ2) is 9.52. The van der Waals surface area contributed by atoms with Gasteiger partial charge < -0.3 is 14.8 Å². The van der Waals surface area contributed by atoms with Gasteiger partial charge in [-0.25, -0.2) is 9.38 Å². The van der Waals surface area contributed by atoms with E-state index in [4.69, 9.17) is 21.1 Å². The highest BCUT2D eigenvalue weighted by Gasteiger charge is 2.16. The van der Waals surface area contributed by atoms with Gasteiger partial charge in [-0.2, -0.15) is 0 Å². The van der Waals surface area contributed by atoms with Gasteiger partial charge in [0.05, 0.1) is 24.8 Å². The standard InChI is InChI=1S/C20H21ClFN3O3/c1-27-18-8-7-15(11-17(18)21)24-20(23-12-16-6-3-9-28-16)25-19(26)13-4-2-5-14(22)10-13/h2,4-5,7-8,10-11,16H,3,6,9,12H2,1H3,(H2,23,24,25,26)/t16-/m0/s1. The van der Waals surface area contributed by atoms with E-state index in [9.17, 15) is 9.18 Å². The first-order valence-electron chi connectivity index (χ1n) is 8.88. The summed E-state index contributed by atoms with van der Waals surface area (Å²) >= 11 is 6.16. The quantitative estimate of drug-likeness (QED) is 0.585. The van der Waals surface area contributed by atoms with Gasteiger partial charge in [0.2, 0.25) is 5.96 Å². The number of rotatable bonds is 5. The van der Waals surface area contributed by atoms with Crippen LogP contribution in [-0.4, -0.2) is 38.2 Å². The molecule has 0 aliphatic carbocycles. The number of guanidine groups is 1. The van der Waals surface area contributed by atoms with E-state index in [0.717, 1.165) is 18.9 Å². The zero-order chi connectivity index (χ0) is 19.9. The lowest BCUT2D eigenvalue weighted by atomic mass is 10.2. The van der Waals surface area contributed by atoms with Crippen molar-refractivity contribution in [3.63, 3.8) is 0 Å². The van der Waals surface area contributed by atoms with E-state index >= 15 is 0 Å². The predicted octanol–water partition coefficient (Wildman–Crippen LogP) is 3.86. The highest BCUT2D eigenvalue weighted by molar-refractivity contribution is 6.32. The van der Waals surface area contributed by atoms with Gasteiger partial charge >= 0.3 is 0 Å². The van der Waals surface area contributed by atoms with Gasteiger partial charge in [0.15, 0.2) is 0 Å². The predicted molar refractivity (Wildman–Crippen MR) is 107 cm³/mol. The number of anilines is 1. The third-order valence-electron chi connectivity index (χ3n) is 4.21. The Morgan fingerprint density at radius 3 is 2.89 bits per heavy atom. The molecule has 6 nitrogen and oxygen atoms in total. The minimum atomic E-state index is -0.486. The molecule has 1 saturated heterocycles. The SMILES string of the molecule is COc1ccc(NC(=NC[C@@H]2CCCO2)NC(=O)c2cccc(F)c2)cc1Cl. The number of halogens is 2. The van der Waals surface area contributed by atoms with E-state index in [1.165, 1.54) is 25.3 Å². The Bertz CT molecular complexity index is 870. The maximum absolute atomic E-state index is 13.4. The maximum Gasteiger partial charge on any atom is 0.258 e. The number of nitrogens with zero attached hydrogens (tertiary/aromatic N) is 1. The summed E-state index contributed by atoms with van der Waals surface area (Å²) in [5.74, 6) is -0.196. The number of benzene rings is 2. The van der Waals surface area contributed by atoms with Gasteiger partial charge in [0.1, 0.15) is 11.6 Å². The smallest absolute Gasteiger partial charge is 0.258 e. The summed E-state index contributed by atoms with van der Waals surface area (Å²) in [5.41, 5.74) is 0.816. The third-order valence-corrected chi connectivity index (χ3v) is 4.51. The number of carbonyl (C=O) groups is 1. The number of nitrogens with one attached hydrogen (secondary N) is 2. The second-order valence-electron chi connectivity index (χ2n) is 6.26. The van der Waals surface area contributed by atoms with Gasteiger partial charge in [0, 0.05) is 17.9 Å².